The summed E-state index contributed by atoms with van der Waals surface area (Å²) in [6.07, 6.45) is 3.80. The van der Waals surface area contributed by atoms with Gasteiger partial charge in [-0.05, 0) is 68.4 Å². The topological polar surface area (TPSA) is 60.5 Å². The number of rotatable bonds is 5. The predicted molar refractivity (Wildman–Crippen MR) is 134 cm³/mol. The minimum Gasteiger partial charge on any atom is -0.496 e. The quantitative estimate of drug-likeness (QED) is 0.355. The molecule has 2 atom stereocenters. The molecule has 35 heavy (non-hydrogen) atoms. The molecule has 1 saturated heterocycles. The number of nitrogens with zero attached hydrogens (tertiary/aromatic N) is 3. The smallest absolute Gasteiger partial charge is 0.254 e. The van der Waals surface area contributed by atoms with Gasteiger partial charge >= 0.3 is 0 Å². The third-order valence-corrected chi connectivity index (χ3v) is 7.38. The second kappa shape index (κ2) is 8.40. The van der Waals surface area contributed by atoms with Crippen LogP contribution in [0.25, 0.3) is 33.5 Å². The van der Waals surface area contributed by atoms with E-state index in [2.05, 4.69) is 21.7 Å². The molecule has 182 valence electrons. The Kier molecular flexibility index (Phi) is 5.31. The molecule has 6 nitrogen and oxygen atoms in total. The van der Waals surface area contributed by atoms with Crippen LogP contribution in [0.2, 0.25) is 0 Å². The number of benzene rings is 1. The number of ether oxygens (including phenoxy) is 1. The van der Waals surface area contributed by atoms with Crippen LogP contribution >= 0.6 is 0 Å². The third kappa shape index (κ3) is 3.87. The van der Waals surface area contributed by atoms with Crippen LogP contribution in [-0.2, 0) is 6.54 Å². The van der Waals surface area contributed by atoms with Gasteiger partial charge < -0.3 is 18.6 Å². The zero-order valence-corrected chi connectivity index (χ0v) is 20.4. The lowest BCUT2D eigenvalue weighted by atomic mass is 9.98. The number of aryl methyl sites for hydroxylation is 1. The van der Waals surface area contributed by atoms with Crippen molar-refractivity contribution in [1.29, 1.82) is 0 Å². The van der Waals surface area contributed by atoms with E-state index in [4.69, 9.17) is 9.15 Å². The van der Waals surface area contributed by atoms with Crippen LogP contribution < -0.4 is 4.74 Å². The minimum atomic E-state index is -0.993. The fourth-order valence-electron chi connectivity index (χ4n) is 5.51. The van der Waals surface area contributed by atoms with Gasteiger partial charge in [0.15, 0.2) is 5.76 Å². The summed E-state index contributed by atoms with van der Waals surface area (Å²) in [5.74, 6) is 1.95. The van der Waals surface area contributed by atoms with Crippen molar-refractivity contribution in [1.82, 2.24) is 14.5 Å². The molecule has 2 aliphatic rings. The number of amides is 1. The summed E-state index contributed by atoms with van der Waals surface area (Å²) < 4.78 is 28.6. The van der Waals surface area contributed by atoms with Crippen molar-refractivity contribution in [3.63, 3.8) is 0 Å². The lowest BCUT2D eigenvalue weighted by Crippen LogP contribution is -2.44. The van der Waals surface area contributed by atoms with E-state index in [9.17, 15) is 9.18 Å². The summed E-state index contributed by atoms with van der Waals surface area (Å²) >= 11 is 0. The number of carbonyl (C=O) groups excluding carboxylic acids is 1. The maximum Gasteiger partial charge on any atom is 0.254 e. The van der Waals surface area contributed by atoms with Gasteiger partial charge in [0.25, 0.3) is 5.91 Å². The highest BCUT2D eigenvalue weighted by molar-refractivity contribution is 6.02. The van der Waals surface area contributed by atoms with Crippen LogP contribution in [0.1, 0.15) is 42.1 Å². The van der Waals surface area contributed by atoms with Gasteiger partial charge in [0.2, 0.25) is 0 Å². The van der Waals surface area contributed by atoms with Crippen LogP contribution in [-0.4, -0.2) is 46.7 Å². The van der Waals surface area contributed by atoms with Crippen LogP contribution in [0.15, 0.2) is 40.9 Å². The van der Waals surface area contributed by atoms with Crippen molar-refractivity contribution in [3.8, 4) is 17.2 Å². The van der Waals surface area contributed by atoms with Gasteiger partial charge in [-0.1, -0.05) is 6.92 Å². The molecule has 3 aromatic heterocycles. The largest absolute Gasteiger partial charge is 0.496 e. The zero-order chi connectivity index (χ0) is 24.3. The van der Waals surface area contributed by atoms with Gasteiger partial charge in [-0.25, -0.2) is 9.37 Å². The summed E-state index contributed by atoms with van der Waals surface area (Å²) in [5, 5.41) is 1.93. The molecule has 1 aliphatic heterocycles. The maximum absolute atomic E-state index is 14.2. The molecule has 1 aliphatic carbocycles. The molecule has 0 unspecified atom stereocenters. The number of carbonyl (C=O) groups is 1. The highest BCUT2D eigenvalue weighted by Gasteiger charge is 2.30. The van der Waals surface area contributed by atoms with E-state index in [1.165, 1.54) is 12.8 Å². The van der Waals surface area contributed by atoms with E-state index in [1.807, 2.05) is 26.1 Å². The van der Waals surface area contributed by atoms with E-state index >= 15 is 0 Å². The lowest BCUT2D eigenvalue weighted by Gasteiger charge is -2.33. The molecule has 6 rings (SSSR count). The number of furan rings is 1. The third-order valence-electron chi connectivity index (χ3n) is 7.38. The summed E-state index contributed by atoms with van der Waals surface area (Å²) in [6, 6.07) is 9.68. The first-order valence-electron chi connectivity index (χ1n) is 12.4. The monoisotopic (exact) mass is 475 g/mol. The van der Waals surface area contributed by atoms with Gasteiger partial charge in [-0.2, -0.15) is 0 Å². The lowest BCUT2D eigenvalue weighted by molar-refractivity contribution is 0.0555. The van der Waals surface area contributed by atoms with Gasteiger partial charge in [0.05, 0.1) is 24.7 Å². The van der Waals surface area contributed by atoms with Crippen molar-refractivity contribution in [3.05, 3.63) is 47.7 Å². The van der Waals surface area contributed by atoms with E-state index < -0.39 is 6.17 Å². The van der Waals surface area contributed by atoms with E-state index in [1.54, 1.807) is 24.1 Å². The van der Waals surface area contributed by atoms with Crippen molar-refractivity contribution >= 4 is 27.9 Å². The molecule has 1 amide bonds. The molecule has 0 N–H and O–H groups in total. The van der Waals surface area contributed by atoms with Gasteiger partial charge in [-0.15, -0.1) is 0 Å². The van der Waals surface area contributed by atoms with E-state index in [0.29, 0.717) is 35.8 Å². The summed E-state index contributed by atoms with van der Waals surface area (Å²) in [7, 11) is 1.60. The van der Waals surface area contributed by atoms with Gasteiger partial charge in [0, 0.05) is 35.8 Å². The Labute approximate surface area is 203 Å². The average Bonchev–Trinajstić information content (AvgIpc) is 3.51. The number of hydrogen-bond acceptors (Lipinski definition) is 4. The summed E-state index contributed by atoms with van der Waals surface area (Å²) in [6.45, 7) is 5.59. The van der Waals surface area contributed by atoms with Crippen molar-refractivity contribution in [2.24, 2.45) is 11.8 Å². The minimum absolute atomic E-state index is 0.125. The molecular formula is C28H30FN3O3. The predicted octanol–water partition coefficient (Wildman–Crippen LogP) is 6.00. The molecule has 4 aromatic rings. The standard InChI is InChI=1S/C28H30FN3O3/c1-16-9-21(29)15-31(13-16)28(33)20-11-23(34-3)25-17(2)26(35-24(25)12-20)22-10-19-5-4-8-30-27(19)32(22)14-18-6-7-18/h4-5,8,10-12,16,18,21H,6-7,9,13-15H2,1-3H3/t16-,21-/m1/s1. The van der Waals surface area contributed by atoms with Gasteiger partial charge in [-0.3, -0.25) is 4.79 Å². The molecule has 0 spiro atoms. The van der Waals surface area contributed by atoms with Gasteiger partial charge in [0.1, 0.15) is 23.2 Å². The van der Waals surface area contributed by atoms with Crippen molar-refractivity contribution in [2.45, 2.75) is 45.8 Å². The Bertz CT molecular complexity index is 1420. The highest BCUT2D eigenvalue weighted by atomic mass is 19.1. The van der Waals surface area contributed by atoms with Crippen molar-refractivity contribution in [2.75, 3.05) is 20.2 Å². The Morgan fingerprint density at radius 2 is 2.09 bits per heavy atom. The van der Waals surface area contributed by atoms with Crippen LogP contribution in [0.3, 0.4) is 0 Å². The second-order valence-corrected chi connectivity index (χ2v) is 10.3. The van der Waals surface area contributed by atoms with Crippen LogP contribution in [0.5, 0.6) is 5.75 Å². The molecule has 7 heteroatoms. The zero-order valence-electron chi connectivity index (χ0n) is 20.4. The maximum atomic E-state index is 14.2. The highest BCUT2D eigenvalue weighted by Crippen LogP contribution is 2.42. The fourth-order valence-corrected chi connectivity index (χ4v) is 5.51. The molecule has 1 aromatic carbocycles. The average molecular weight is 476 g/mol. The number of hydrogen-bond donors (Lipinski definition) is 0. The molecule has 0 radical (unpaired) electrons. The second-order valence-electron chi connectivity index (χ2n) is 10.3. The Morgan fingerprint density at radius 1 is 1.26 bits per heavy atom. The molecule has 4 heterocycles. The summed E-state index contributed by atoms with van der Waals surface area (Å²) in [4.78, 5) is 19.6. The first-order chi connectivity index (χ1) is 16.9. The number of piperidine rings is 1. The number of methoxy groups -OCH3 is 1. The van der Waals surface area contributed by atoms with Crippen LogP contribution in [0.4, 0.5) is 4.39 Å². The number of likely N-dealkylation sites (tertiary alicyclic amines) is 1. The number of halogens is 1. The first kappa shape index (κ1) is 22.1. The Morgan fingerprint density at radius 3 is 2.83 bits per heavy atom. The number of aromatic nitrogens is 2. The summed E-state index contributed by atoms with van der Waals surface area (Å²) in [5.41, 5.74) is 3.96. The normalized spacial score (nSPS) is 20.6. The number of alkyl halides is 1. The molecule has 1 saturated carbocycles. The van der Waals surface area contributed by atoms with E-state index in [0.717, 1.165) is 40.0 Å². The Balaban J connectivity index is 1.46. The molecule has 0 bridgehead atoms. The Hall–Kier alpha value is -3.35. The SMILES string of the molecule is COc1cc(C(=O)N2C[C@H](C)C[C@@H](F)C2)cc2oc(-c3cc4cccnc4n3CC3CC3)c(C)c12. The number of fused-ring (bicyclic) bond motifs is 2. The first-order valence-corrected chi connectivity index (χ1v) is 12.4. The number of pyridine rings is 1. The molecule has 2 fully saturated rings. The van der Waals surface area contributed by atoms with Crippen LogP contribution in [0, 0.1) is 18.8 Å². The van der Waals surface area contributed by atoms with Crippen molar-refractivity contribution < 1.29 is 18.3 Å². The molecular weight excluding hydrogens is 445 g/mol. The van der Waals surface area contributed by atoms with E-state index in [-0.39, 0.29) is 18.4 Å². The fraction of sp³-hybridized carbons (Fsp3) is 0.429.